The van der Waals surface area contributed by atoms with Crippen LogP contribution in [-0.2, 0) is 6.42 Å². The summed E-state index contributed by atoms with van der Waals surface area (Å²) in [4.78, 5) is 6.87. The van der Waals surface area contributed by atoms with E-state index in [-0.39, 0.29) is 0 Å². The summed E-state index contributed by atoms with van der Waals surface area (Å²) in [5.74, 6) is 0. The lowest BCUT2D eigenvalue weighted by atomic mass is 10.0. The van der Waals surface area contributed by atoms with Crippen LogP contribution in [0.2, 0.25) is 0 Å². The molecule has 1 aromatic carbocycles. The second-order valence-corrected chi connectivity index (χ2v) is 6.39. The lowest BCUT2D eigenvalue weighted by molar-refractivity contribution is 0.910. The molecular formula is C16H19N3S. The molecule has 0 spiro atoms. The van der Waals surface area contributed by atoms with Gasteiger partial charge in [0.1, 0.15) is 0 Å². The quantitative estimate of drug-likeness (QED) is 0.800. The summed E-state index contributed by atoms with van der Waals surface area (Å²) >= 11 is 1.74. The third kappa shape index (κ3) is 2.05. The Morgan fingerprint density at radius 1 is 1.20 bits per heavy atom. The van der Waals surface area contributed by atoms with Crippen molar-refractivity contribution >= 4 is 16.3 Å². The Morgan fingerprint density at radius 3 is 2.70 bits per heavy atom. The number of nitrogens with zero attached hydrogens (tertiary/aromatic N) is 2. The molecule has 0 amide bonds. The molecule has 2 heterocycles. The first-order chi connectivity index (χ1) is 9.61. The molecule has 0 radical (unpaired) electrons. The van der Waals surface area contributed by atoms with Crippen molar-refractivity contribution in [1.29, 1.82) is 0 Å². The fourth-order valence-corrected chi connectivity index (χ4v) is 3.55. The largest absolute Gasteiger partial charge is 0.330 e. The zero-order chi connectivity index (χ0) is 14.3. The summed E-state index contributed by atoms with van der Waals surface area (Å²) in [6, 6.07) is 6.65. The highest BCUT2D eigenvalue weighted by molar-refractivity contribution is 7.17. The Labute approximate surface area is 123 Å². The molecule has 0 fully saturated rings. The van der Waals surface area contributed by atoms with E-state index in [0.29, 0.717) is 6.54 Å². The third-order valence-electron chi connectivity index (χ3n) is 3.78. The molecule has 0 unspecified atom stereocenters. The smallest absolute Gasteiger partial charge is 0.194 e. The lowest BCUT2D eigenvalue weighted by Gasteiger charge is -2.08. The van der Waals surface area contributed by atoms with Gasteiger partial charge in [-0.2, -0.15) is 0 Å². The van der Waals surface area contributed by atoms with Crippen molar-refractivity contribution in [2.24, 2.45) is 5.73 Å². The fraction of sp³-hybridized carbons (Fsp3) is 0.312. The number of fused-ring (bicyclic) bond motifs is 1. The first kappa shape index (κ1) is 13.3. The average Bonchev–Trinajstić information content (AvgIpc) is 2.93. The number of benzene rings is 1. The summed E-state index contributed by atoms with van der Waals surface area (Å²) in [6.45, 7) is 7.11. The van der Waals surface area contributed by atoms with Crippen LogP contribution in [0.25, 0.3) is 16.2 Å². The molecule has 0 bridgehead atoms. The van der Waals surface area contributed by atoms with Gasteiger partial charge in [0.25, 0.3) is 0 Å². The highest BCUT2D eigenvalue weighted by Gasteiger charge is 2.15. The summed E-state index contributed by atoms with van der Waals surface area (Å²) in [5, 5.41) is 0. The number of aryl methyl sites for hydroxylation is 3. The van der Waals surface area contributed by atoms with E-state index < -0.39 is 0 Å². The van der Waals surface area contributed by atoms with E-state index in [1.165, 1.54) is 33.0 Å². The van der Waals surface area contributed by atoms with Gasteiger partial charge < -0.3 is 5.73 Å². The molecule has 3 aromatic rings. The van der Waals surface area contributed by atoms with Crippen LogP contribution in [0.4, 0.5) is 0 Å². The van der Waals surface area contributed by atoms with Gasteiger partial charge in [-0.15, -0.1) is 11.3 Å². The number of thiazole rings is 1. The zero-order valence-electron chi connectivity index (χ0n) is 12.1. The van der Waals surface area contributed by atoms with Crippen molar-refractivity contribution in [3.8, 4) is 11.3 Å². The Bertz CT molecular complexity index is 767. The van der Waals surface area contributed by atoms with Crippen molar-refractivity contribution in [1.82, 2.24) is 9.38 Å². The zero-order valence-corrected chi connectivity index (χ0v) is 12.9. The minimum absolute atomic E-state index is 0.648. The molecule has 20 heavy (non-hydrogen) atoms. The van der Waals surface area contributed by atoms with E-state index in [0.717, 1.165) is 11.4 Å². The molecule has 2 N–H and O–H groups in total. The molecule has 3 nitrogen and oxygen atoms in total. The molecule has 104 valence electrons. The maximum absolute atomic E-state index is 5.71. The standard InChI is InChI=1S/C16H19N3S/c1-10-4-5-13(8-11(10)2)15-12(3)20-16-18-9-14(6-7-17)19(15)16/h4-5,8-9H,6-7,17H2,1-3H3. The minimum Gasteiger partial charge on any atom is -0.330 e. The number of hydrogen-bond donors (Lipinski definition) is 1. The fourth-order valence-electron chi connectivity index (χ4n) is 2.57. The van der Waals surface area contributed by atoms with Crippen LogP contribution in [0, 0.1) is 20.8 Å². The molecule has 0 aliphatic rings. The number of imidazole rings is 1. The van der Waals surface area contributed by atoms with Gasteiger partial charge in [0.2, 0.25) is 0 Å². The monoisotopic (exact) mass is 285 g/mol. The van der Waals surface area contributed by atoms with Crippen LogP contribution in [0.3, 0.4) is 0 Å². The van der Waals surface area contributed by atoms with Crippen molar-refractivity contribution in [3.05, 3.63) is 46.1 Å². The summed E-state index contributed by atoms with van der Waals surface area (Å²) in [7, 11) is 0. The molecule has 0 saturated heterocycles. The van der Waals surface area contributed by atoms with Crippen molar-refractivity contribution in [3.63, 3.8) is 0 Å². The SMILES string of the molecule is Cc1ccc(-c2c(C)sc3ncc(CCN)n23)cc1C. The maximum atomic E-state index is 5.71. The van der Waals surface area contributed by atoms with Crippen LogP contribution >= 0.6 is 11.3 Å². The molecule has 0 aliphatic carbocycles. The Balaban J connectivity index is 2.25. The van der Waals surface area contributed by atoms with Gasteiger partial charge in [0.05, 0.1) is 11.9 Å². The van der Waals surface area contributed by atoms with Crippen molar-refractivity contribution in [2.45, 2.75) is 27.2 Å². The molecule has 0 aliphatic heterocycles. The van der Waals surface area contributed by atoms with Crippen molar-refractivity contribution in [2.75, 3.05) is 6.54 Å². The summed E-state index contributed by atoms with van der Waals surface area (Å²) < 4.78 is 2.26. The number of rotatable bonds is 3. The van der Waals surface area contributed by atoms with Gasteiger partial charge in [-0.05, 0) is 50.1 Å². The van der Waals surface area contributed by atoms with Gasteiger partial charge in [-0.3, -0.25) is 4.40 Å². The average molecular weight is 285 g/mol. The normalized spacial score (nSPS) is 11.4. The third-order valence-corrected chi connectivity index (χ3v) is 4.75. The van der Waals surface area contributed by atoms with E-state index in [4.69, 9.17) is 5.73 Å². The van der Waals surface area contributed by atoms with E-state index >= 15 is 0 Å². The second kappa shape index (κ2) is 5.04. The predicted molar refractivity (Wildman–Crippen MR) is 85.5 cm³/mol. The number of nitrogens with two attached hydrogens (primary N) is 1. The van der Waals surface area contributed by atoms with Crippen LogP contribution in [-0.4, -0.2) is 15.9 Å². The molecule has 2 aromatic heterocycles. The number of hydrogen-bond acceptors (Lipinski definition) is 3. The molecule has 0 atom stereocenters. The van der Waals surface area contributed by atoms with E-state index in [1.807, 2.05) is 6.20 Å². The minimum atomic E-state index is 0.648. The maximum Gasteiger partial charge on any atom is 0.194 e. The molecule has 3 rings (SSSR count). The highest BCUT2D eigenvalue weighted by Crippen LogP contribution is 2.33. The van der Waals surface area contributed by atoms with Gasteiger partial charge >= 0.3 is 0 Å². The topological polar surface area (TPSA) is 43.3 Å². The van der Waals surface area contributed by atoms with E-state index in [2.05, 4.69) is 48.4 Å². The predicted octanol–water partition coefficient (Wildman–Crippen LogP) is 3.49. The summed E-state index contributed by atoms with van der Waals surface area (Å²) in [6.07, 6.45) is 2.80. The van der Waals surface area contributed by atoms with E-state index in [9.17, 15) is 0 Å². The molecule has 0 saturated carbocycles. The van der Waals surface area contributed by atoms with Gasteiger partial charge in [0, 0.05) is 17.0 Å². The first-order valence-electron chi connectivity index (χ1n) is 6.85. The Kier molecular flexibility index (Phi) is 3.36. The van der Waals surface area contributed by atoms with Crippen LogP contribution < -0.4 is 5.73 Å². The molecule has 4 heteroatoms. The Hall–Kier alpha value is -1.65. The first-order valence-corrected chi connectivity index (χ1v) is 7.67. The van der Waals surface area contributed by atoms with Crippen LogP contribution in [0.5, 0.6) is 0 Å². The van der Waals surface area contributed by atoms with E-state index in [1.54, 1.807) is 11.3 Å². The van der Waals surface area contributed by atoms with Gasteiger partial charge in [-0.25, -0.2) is 4.98 Å². The van der Waals surface area contributed by atoms with Gasteiger partial charge in [-0.1, -0.05) is 12.1 Å². The van der Waals surface area contributed by atoms with Gasteiger partial charge in [0.15, 0.2) is 4.96 Å². The van der Waals surface area contributed by atoms with Crippen molar-refractivity contribution < 1.29 is 0 Å². The lowest BCUT2D eigenvalue weighted by Crippen LogP contribution is -2.05. The number of aromatic nitrogens is 2. The van der Waals surface area contributed by atoms with Crippen LogP contribution in [0.15, 0.2) is 24.4 Å². The summed E-state index contributed by atoms with van der Waals surface area (Å²) in [5.41, 5.74) is 12.1. The molecular weight excluding hydrogens is 266 g/mol. The highest BCUT2D eigenvalue weighted by atomic mass is 32.1. The van der Waals surface area contributed by atoms with Crippen LogP contribution in [0.1, 0.15) is 21.7 Å². The second-order valence-electron chi connectivity index (χ2n) is 5.21. The Morgan fingerprint density at radius 2 is 2.00 bits per heavy atom.